The van der Waals surface area contributed by atoms with Gasteiger partial charge in [0.25, 0.3) is 5.69 Å². The summed E-state index contributed by atoms with van der Waals surface area (Å²) in [5.41, 5.74) is -1.03. The molecule has 2 aromatic rings. The van der Waals surface area contributed by atoms with Crippen LogP contribution in [0.5, 0.6) is 0 Å². The van der Waals surface area contributed by atoms with Crippen molar-refractivity contribution in [3.05, 3.63) is 63.2 Å². The van der Waals surface area contributed by atoms with Gasteiger partial charge in [0.2, 0.25) is 0 Å². The van der Waals surface area contributed by atoms with Gasteiger partial charge in [-0.1, -0.05) is 17.7 Å². The fourth-order valence-corrected chi connectivity index (χ4v) is 1.79. The van der Waals surface area contributed by atoms with E-state index in [9.17, 15) is 18.9 Å². The zero-order chi connectivity index (χ0) is 13.3. The minimum absolute atomic E-state index is 0.165. The summed E-state index contributed by atoms with van der Waals surface area (Å²) in [6.45, 7) is 0. The van der Waals surface area contributed by atoms with Crippen LogP contribution < -0.4 is 0 Å². The molecule has 2 rings (SSSR count). The first-order valence-electron chi connectivity index (χ1n) is 4.89. The van der Waals surface area contributed by atoms with E-state index in [1.807, 2.05) is 0 Å². The van der Waals surface area contributed by atoms with Crippen molar-refractivity contribution in [1.82, 2.24) is 0 Å². The molecule has 3 nitrogen and oxygen atoms in total. The third-order valence-corrected chi connectivity index (χ3v) is 2.62. The Balaban J connectivity index is 2.77. The zero-order valence-corrected chi connectivity index (χ0v) is 9.62. The molecule has 18 heavy (non-hydrogen) atoms. The van der Waals surface area contributed by atoms with Gasteiger partial charge in [-0.05, 0) is 24.3 Å². The molecule has 6 heteroatoms. The van der Waals surface area contributed by atoms with Crippen LogP contribution in [-0.4, -0.2) is 4.92 Å². The number of rotatable bonds is 2. The molecule has 0 saturated heterocycles. The topological polar surface area (TPSA) is 43.1 Å². The molecule has 0 heterocycles. The lowest BCUT2D eigenvalue weighted by atomic mass is 10.0. The number of hydrogen-bond acceptors (Lipinski definition) is 2. The van der Waals surface area contributed by atoms with Gasteiger partial charge in [-0.2, -0.15) is 0 Å². The molecule has 0 radical (unpaired) electrons. The third-order valence-electron chi connectivity index (χ3n) is 2.39. The molecular weight excluding hydrogens is 264 g/mol. The average Bonchev–Trinajstić information content (AvgIpc) is 2.28. The van der Waals surface area contributed by atoms with Crippen LogP contribution >= 0.6 is 11.6 Å². The first kappa shape index (κ1) is 12.4. The molecule has 0 unspecified atom stereocenters. The fourth-order valence-electron chi connectivity index (χ4n) is 1.62. The summed E-state index contributed by atoms with van der Waals surface area (Å²) in [4.78, 5) is 10.1. The van der Waals surface area contributed by atoms with Gasteiger partial charge in [-0.15, -0.1) is 0 Å². The lowest BCUT2D eigenvalue weighted by Gasteiger charge is -2.06. The van der Waals surface area contributed by atoms with Crippen LogP contribution in [0.3, 0.4) is 0 Å². The summed E-state index contributed by atoms with van der Waals surface area (Å²) in [6, 6.07) is 6.82. The van der Waals surface area contributed by atoms with Crippen molar-refractivity contribution in [3.8, 4) is 11.1 Å². The summed E-state index contributed by atoms with van der Waals surface area (Å²) < 4.78 is 27.2. The summed E-state index contributed by atoms with van der Waals surface area (Å²) in [7, 11) is 0. The summed E-state index contributed by atoms with van der Waals surface area (Å²) >= 11 is 5.71. The maximum Gasteiger partial charge on any atom is 0.277 e. The number of nitro benzene ring substituents is 1. The summed E-state index contributed by atoms with van der Waals surface area (Å²) in [5.74, 6) is -1.75. The van der Waals surface area contributed by atoms with E-state index in [1.54, 1.807) is 0 Å². The van der Waals surface area contributed by atoms with Gasteiger partial charge in [0, 0.05) is 11.1 Å². The normalized spacial score (nSPS) is 10.4. The third kappa shape index (κ3) is 2.17. The molecule has 0 N–H and O–H groups in total. The summed E-state index contributed by atoms with van der Waals surface area (Å²) in [5, 5.41) is 11.0. The van der Waals surface area contributed by atoms with Crippen molar-refractivity contribution in [1.29, 1.82) is 0 Å². The molecule has 0 bridgehead atoms. The lowest BCUT2D eigenvalue weighted by molar-refractivity contribution is -0.384. The van der Waals surface area contributed by atoms with Gasteiger partial charge in [0.1, 0.15) is 11.6 Å². The maximum absolute atomic E-state index is 13.6. The highest BCUT2D eigenvalue weighted by atomic mass is 35.5. The van der Waals surface area contributed by atoms with E-state index in [4.69, 9.17) is 11.6 Å². The van der Waals surface area contributed by atoms with E-state index in [0.717, 1.165) is 18.2 Å². The number of hydrogen-bond donors (Lipinski definition) is 0. The van der Waals surface area contributed by atoms with Gasteiger partial charge < -0.3 is 0 Å². The van der Waals surface area contributed by atoms with Crippen LogP contribution in [0.15, 0.2) is 36.4 Å². The molecule has 0 aliphatic carbocycles. The SMILES string of the molecule is O=[N+]([O-])c1ccc(Cl)cc1-c1c(F)cccc1F. The Bertz CT molecular complexity index is 611. The molecule has 0 aliphatic heterocycles. The highest BCUT2D eigenvalue weighted by Gasteiger charge is 2.21. The minimum Gasteiger partial charge on any atom is -0.258 e. The van der Waals surface area contributed by atoms with E-state index in [2.05, 4.69) is 0 Å². The van der Waals surface area contributed by atoms with Crippen LogP contribution in [0.25, 0.3) is 11.1 Å². The van der Waals surface area contributed by atoms with Crippen LogP contribution in [0.1, 0.15) is 0 Å². The predicted molar refractivity (Wildman–Crippen MR) is 63.5 cm³/mol. The van der Waals surface area contributed by atoms with E-state index in [0.29, 0.717) is 0 Å². The van der Waals surface area contributed by atoms with E-state index >= 15 is 0 Å². The quantitative estimate of drug-likeness (QED) is 0.606. The standard InChI is InChI=1S/C12H6ClF2NO2/c13-7-4-5-11(16(17)18)8(6-7)12-9(14)2-1-3-10(12)15/h1-6H. The number of benzene rings is 2. The van der Waals surface area contributed by atoms with Gasteiger partial charge in [-0.25, -0.2) is 8.78 Å². The Morgan fingerprint density at radius 2 is 1.72 bits per heavy atom. The average molecular weight is 270 g/mol. The molecule has 0 aliphatic rings. The maximum atomic E-state index is 13.6. The molecule has 0 fully saturated rings. The molecule has 0 amide bonds. The molecule has 0 aromatic heterocycles. The monoisotopic (exact) mass is 269 g/mol. The Kier molecular flexibility index (Phi) is 3.25. The first-order chi connectivity index (χ1) is 8.50. The first-order valence-corrected chi connectivity index (χ1v) is 5.27. The highest BCUT2D eigenvalue weighted by Crippen LogP contribution is 2.35. The molecule has 92 valence electrons. The smallest absolute Gasteiger partial charge is 0.258 e. The van der Waals surface area contributed by atoms with E-state index in [-0.39, 0.29) is 10.6 Å². The Morgan fingerprint density at radius 1 is 1.11 bits per heavy atom. The predicted octanol–water partition coefficient (Wildman–Crippen LogP) is 4.19. The van der Waals surface area contributed by atoms with E-state index in [1.165, 1.54) is 18.2 Å². The van der Waals surface area contributed by atoms with Gasteiger partial charge in [-0.3, -0.25) is 10.1 Å². The van der Waals surface area contributed by atoms with Crippen molar-refractivity contribution < 1.29 is 13.7 Å². The van der Waals surface area contributed by atoms with Gasteiger partial charge >= 0.3 is 0 Å². The second-order valence-electron chi connectivity index (χ2n) is 3.52. The van der Waals surface area contributed by atoms with Crippen LogP contribution in [-0.2, 0) is 0 Å². The van der Waals surface area contributed by atoms with Crippen molar-refractivity contribution >= 4 is 17.3 Å². The van der Waals surface area contributed by atoms with Crippen molar-refractivity contribution in [2.45, 2.75) is 0 Å². The van der Waals surface area contributed by atoms with Crippen molar-refractivity contribution in [2.75, 3.05) is 0 Å². The number of halogens is 3. The largest absolute Gasteiger partial charge is 0.277 e. The number of nitro groups is 1. The Hall–Kier alpha value is -2.01. The summed E-state index contributed by atoms with van der Waals surface area (Å²) in [6.07, 6.45) is 0. The minimum atomic E-state index is -0.875. The molecular formula is C12H6ClF2NO2. The lowest BCUT2D eigenvalue weighted by Crippen LogP contribution is -1.96. The zero-order valence-electron chi connectivity index (χ0n) is 8.86. The van der Waals surface area contributed by atoms with Gasteiger partial charge in [0.15, 0.2) is 0 Å². The second-order valence-corrected chi connectivity index (χ2v) is 3.95. The van der Waals surface area contributed by atoms with Crippen molar-refractivity contribution in [3.63, 3.8) is 0 Å². The fraction of sp³-hybridized carbons (Fsp3) is 0. The molecule has 0 atom stereocenters. The van der Waals surface area contributed by atoms with E-state index < -0.39 is 27.8 Å². The second kappa shape index (κ2) is 4.70. The van der Waals surface area contributed by atoms with Crippen LogP contribution in [0.2, 0.25) is 5.02 Å². The molecule has 0 saturated carbocycles. The van der Waals surface area contributed by atoms with Gasteiger partial charge in [0.05, 0.1) is 16.1 Å². The van der Waals surface area contributed by atoms with Crippen molar-refractivity contribution in [2.24, 2.45) is 0 Å². The van der Waals surface area contributed by atoms with Crippen LogP contribution in [0.4, 0.5) is 14.5 Å². The molecule has 2 aromatic carbocycles. The Morgan fingerprint density at radius 3 is 2.28 bits per heavy atom. The molecule has 0 spiro atoms. The Labute approximate surface area is 106 Å². The highest BCUT2D eigenvalue weighted by molar-refractivity contribution is 6.31. The number of nitrogens with zero attached hydrogens (tertiary/aromatic N) is 1. The van der Waals surface area contributed by atoms with Crippen LogP contribution in [0, 0.1) is 21.7 Å².